The summed E-state index contributed by atoms with van der Waals surface area (Å²) in [5.74, 6) is 1.46. The number of carbonyl (C=O) groups excluding carboxylic acids is 1. The number of piperidine rings is 1. The smallest absolute Gasteiger partial charge is 0.224 e. The Morgan fingerprint density at radius 2 is 2.10 bits per heavy atom. The second-order valence-electron chi connectivity index (χ2n) is 5.99. The molecular formula is C17H26N2O2. The van der Waals surface area contributed by atoms with Crippen LogP contribution in [0.4, 0.5) is 0 Å². The first-order valence-corrected chi connectivity index (χ1v) is 7.77. The van der Waals surface area contributed by atoms with Gasteiger partial charge in [0.1, 0.15) is 5.75 Å². The quantitative estimate of drug-likeness (QED) is 0.874. The number of hydrogen-bond acceptors (Lipinski definition) is 3. The van der Waals surface area contributed by atoms with E-state index < -0.39 is 0 Å². The van der Waals surface area contributed by atoms with Crippen LogP contribution in [0.1, 0.15) is 43.7 Å². The summed E-state index contributed by atoms with van der Waals surface area (Å²) in [5, 5.41) is 6.30. The molecule has 116 valence electrons. The van der Waals surface area contributed by atoms with Crippen LogP contribution in [-0.2, 0) is 11.2 Å². The number of nitrogens with one attached hydrogen (secondary N) is 2. The second kappa shape index (κ2) is 7.46. The monoisotopic (exact) mass is 290 g/mol. The van der Waals surface area contributed by atoms with Crippen molar-refractivity contribution in [1.82, 2.24) is 10.6 Å². The van der Waals surface area contributed by atoms with Crippen LogP contribution in [0.25, 0.3) is 0 Å². The minimum Gasteiger partial charge on any atom is -0.496 e. The maximum Gasteiger partial charge on any atom is 0.224 e. The molecule has 0 radical (unpaired) electrons. The molecule has 0 saturated carbocycles. The number of benzene rings is 1. The van der Waals surface area contributed by atoms with Crippen LogP contribution in [0.2, 0.25) is 0 Å². The molecule has 21 heavy (non-hydrogen) atoms. The first kappa shape index (κ1) is 15.8. The van der Waals surface area contributed by atoms with Gasteiger partial charge in [-0.25, -0.2) is 0 Å². The maximum atomic E-state index is 11.9. The van der Waals surface area contributed by atoms with Gasteiger partial charge in [0.15, 0.2) is 0 Å². The van der Waals surface area contributed by atoms with E-state index >= 15 is 0 Å². The molecular weight excluding hydrogens is 264 g/mol. The molecule has 2 rings (SSSR count). The highest BCUT2D eigenvalue weighted by atomic mass is 16.5. The molecule has 1 aliphatic rings. The van der Waals surface area contributed by atoms with E-state index in [2.05, 4.69) is 22.8 Å². The minimum absolute atomic E-state index is 0.0397. The van der Waals surface area contributed by atoms with Gasteiger partial charge < -0.3 is 15.4 Å². The van der Waals surface area contributed by atoms with E-state index in [0.29, 0.717) is 12.3 Å². The van der Waals surface area contributed by atoms with Gasteiger partial charge in [-0.15, -0.1) is 0 Å². The van der Waals surface area contributed by atoms with E-state index in [0.717, 1.165) is 37.2 Å². The van der Waals surface area contributed by atoms with Gasteiger partial charge >= 0.3 is 0 Å². The predicted molar refractivity (Wildman–Crippen MR) is 84.8 cm³/mol. The van der Waals surface area contributed by atoms with E-state index in [9.17, 15) is 4.79 Å². The van der Waals surface area contributed by atoms with Gasteiger partial charge in [0.25, 0.3) is 0 Å². The van der Waals surface area contributed by atoms with Crippen molar-refractivity contribution >= 4 is 5.91 Å². The Morgan fingerprint density at radius 3 is 2.71 bits per heavy atom. The number of ether oxygens (including phenoxy) is 1. The van der Waals surface area contributed by atoms with Crippen LogP contribution in [-0.4, -0.2) is 32.1 Å². The zero-order valence-electron chi connectivity index (χ0n) is 13.2. The summed E-state index contributed by atoms with van der Waals surface area (Å²) >= 11 is 0. The summed E-state index contributed by atoms with van der Waals surface area (Å²) in [6.07, 6.45) is 2.69. The normalized spacial score (nSPS) is 16.0. The largest absolute Gasteiger partial charge is 0.496 e. The van der Waals surface area contributed by atoms with Crippen LogP contribution in [0, 0.1) is 0 Å². The van der Waals surface area contributed by atoms with Gasteiger partial charge in [0.2, 0.25) is 5.91 Å². The number of amides is 1. The topological polar surface area (TPSA) is 50.4 Å². The van der Waals surface area contributed by atoms with Crippen LogP contribution in [0.3, 0.4) is 0 Å². The lowest BCUT2D eigenvalue weighted by atomic mass is 9.89. The molecule has 1 aliphatic heterocycles. The molecule has 0 bridgehead atoms. The Labute approximate surface area is 127 Å². The van der Waals surface area contributed by atoms with E-state index in [1.165, 1.54) is 5.56 Å². The minimum atomic E-state index is 0.0397. The van der Waals surface area contributed by atoms with Crippen molar-refractivity contribution in [3.05, 3.63) is 29.3 Å². The van der Waals surface area contributed by atoms with Gasteiger partial charge in [0, 0.05) is 11.6 Å². The Balaban J connectivity index is 2.10. The van der Waals surface area contributed by atoms with Gasteiger partial charge in [-0.2, -0.15) is 0 Å². The molecule has 0 spiro atoms. The number of rotatable bonds is 5. The van der Waals surface area contributed by atoms with Gasteiger partial charge in [0.05, 0.1) is 13.5 Å². The molecule has 2 N–H and O–H groups in total. The maximum absolute atomic E-state index is 11.9. The van der Waals surface area contributed by atoms with Gasteiger partial charge in [-0.1, -0.05) is 12.1 Å². The Bertz CT molecular complexity index is 480. The van der Waals surface area contributed by atoms with Crippen molar-refractivity contribution < 1.29 is 9.53 Å². The zero-order valence-corrected chi connectivity index (χ0v) is 13.2. The van der Waals surface area contributed by atoms with Gasteiger partial charge in [-0.3, -0.25) is 4.79 Å². The van der Waals surface area contributed by atoms with Crippen molar-refractivity contribution in [3.8, 4) is 5.75 Å². The summed E-state index contributed by atoms with van der Waals surface area (Å²) in [4.78, 5) is 11.9. The lowest BCUT2D eigenvalue weighted by Crippen LogP contribution is -2.31. The molecule has 1 fully saturated rings. The average Bonchev–Trinajstić information content (AvgIpc) is 2.47. The van der Waals surface area contributed by atoms with Crippen LogP contribution >= 0.6 is 0 Å². The fourth-order valence-corrected chi connectivity index (χ4v) is 2.86. The lowest BCUT2D eigenvalue weighted by molar-refractivity contribution is -0.120. The van der Waals surface area contributed by atoms with Crippen LogP contribution in [0.5, 0.6) is 5.75 Å². The molecule has 0 unspecified atom stereocenters. The second-order valence-corrected chi connectivity index (χ2v) is 5.99. The third-order valence-electron chi connectivity index (χ3n) is 3.92. The van der Waals surface area contributed by atoms with Crippen molar-refractivity contribution in [1.29, 1.82) is 0 Å². The number of hydrogen-bond donors (Lipinski definition) is 2. The summed E-state index contributed by atoms with van der Waals surface area (Å²) in [6.45, 7) is 6.09. The van der Waals surface area contributed by atoms with E-state index in [1.807, 2.05) is 19.9 Å². The number of methoxy groups -OCH3 is 1. The molecule has 1 aromatic carbocycles. The first-order valence-electron chi connectivity index (χ1n) is 7.77. The molecule has 1 saturated heterocycles. The Kier molecular flexibility index (Phi) is 5.62. The SMILES string of the molecule is COc1cc(C2CCNCC2)ccc1CC(=O)NC(C)C. The van der Waals surface area contributed by atoms with E-state index in [-0.39, 0.29) is 11.9 Å². The van der Waals surface area contributed by atoms with Crippen LogP contribution in [0.15, 0.2) is 18.2 Å². The van der Waals surface area contributed by atoms with Crippen molar-refractivity contribution in [3.63, 3.8) is 0 Å². The highest BCUT2D eigenvalue weighted by Gasteiger charge is 2.17. The Hall–Kier alpha value is -1.55. The third-order valence-corrected chi connectivity index (χ3v) is 3.92. The van der Waals surface area contributed by atoms with Crippen LogP contribution < -0.4 is 15.4 Å². The molecule has 4 nitrogen and oxygen atoms in total. The highest BCUT2D eigenvalue weighted by Crippen LogP contribution is 2.30. The molecule has 1 heterocycles. The van der Waals surface area contributed by atoms with E-state index in [1.54, 1.807) is 7.11 Å². The number of carbonyl (C=O) groups is 1. The molecule has 4 heteroatoms. The highest BCUT2D eigenvalue weighted by molar-refractivity contribution is 5.79. The molecule has 0 atom stereocenters. The van der Waals surface area contributed by atoms with E-state index in [4.69, 9.17) is 4.74 Å². The molecule has 1 aromatic rings. The standard InChI is InChI=1S/C17H26N2O2/c1-12(2)19-17(20)11-15-5-4-14(10-16(15)21-3)13-6-8-18-9-7-13/h4-5,10,12-13,18H,6-9,11H2,1-3H3,(H,19,20). The third kappa shape index (κ3) is 4.46. The molecule has 1 amide bonds. The summed E-state index contributed by atoms with van der Waals surface area (Å²) in [6, 6.07) is 6.46. The molecule has 0 aromatic heterocycles. The predicted octanol–water partition coefficient (Wildman–Crippen LogP) is 2.23. The Morgan fingerprint density at radius 1 is 1.38 bits per heavy atom. The van der Waals surface area contributed by atoms with Crippen molar-refractivity contribution in [2.45, 2.75) is 45.1 Å². The van der Waals surface area contributed by atoms with Gasteiger partial charge in [-0.05, 0) is 57.3 Å². The first-order chi connectivity index (χ1) is 10.1. The fraction of sp³-hybridized carbons (Fsp3) is 0.588. The fourth-order valence-electron chi connectivity index (χ4n) is 2.86. The lowest BCUT2D eigenvalue weighted by Gasteiger charge is -2.24. The summed E-state index contributed by atoms with van der Waals surface area (Å²) in [7, 11) is 1.67. The van der Waals surface area contributed by atoms with Crippen molar-refractivity contribution in [2.75, 3.05) is 20.2 Å². The molecule has 0 aliphatic carbocycles. The van der Waals surface area contributed by atoms with Crippen molar-refractivity contribution in [2.24, 2.45) is 0 Å². The summed E-state index contributed by atoms with van der Waals surface area (Å²) in [5.41, 5.74) is 2.27. The average molecular weight is 290 g/mol. The zero-order chi connectivity index (χ0) is 15.2. The summed E-state index contributed by atoms with van der Waals surface area (Å²) < 4.78 is 5.49.